The molecule has 0 spiro atoms. The highest BCUT2D eigenvalue weighted by Crippen LogP contribution is 2.23. The molecule has 5 nitrogen and oxygen atoms in total. The number of amides is 1. The molecule has 0 saturated carbocycles. The maximum absolute atomic E-state index is 12.2. The molecule has 0 bridgehead atoms. The van der Waals surface area contributed by atoms with E-state index in [4.69, 9.17) is 0 Å². The van der Waals surface area contributed by atoms with Crippen molar-refractivity contribution in [2.24, 2.45) is 0 Å². The predicted octanol–water partition coefficient (Wildman–Crippen LogP) is 3.11. The molecule has 1 unspecified atom stereocenters. The van der Waals surface area contributed by atoms with Crippen LogP contribution in [0.3, 0.4) is 0 Å². The third-order valence-electron chi connectivity index (χ3n) is 4.03. The Hall–Kier alpha value is -2.43. The molecule has 22 heavy (non-hydrogen) atoms. The monoisotopic (exact) mass is 296 g/mol. The van der Waals surface area contributed by atoms with Crippen molar-refractivity contribution in [2.45, 2.75) is 32.2 Å². The molecule has 1 aliphatic heterocycles. The zero-order valence-corrected chi connectivity index (χ0v) is 12.7. The van der Waals surface area contributed by atoms with Crippen molar-refractivity contribution in [1.29, 1.82) is 0 Å². The Morgan fingerprint density at radius 1 is 1.23 bits per heavy atom. The van der Waals surface area contributed by atoms with Crippen molar-refractivity contribution in [1.82, 2.24) is 9.97 Å². The van der Waals surface area contributed by atoms with Gasteiger partial charge in [-0.25, -0.2) is 9.97 Å². The lowest BCUT2D eigenvalue weighted by Gasteiger charge is -2.34. The molecule has 1 fully saturated rings. The molecule has 1 N–H and O–H groups in total. The molecule has 1 aromatic heterocycles. The van der Waals surface area contributed by atoms with Crippen molar-refractivity contribution in [3.8, 4) is 0 Å². The van der Waals surface area contributed by atoms with Crippen molar-refractivity contribution in [2.75, 3.05) is 16.8 Å². The quantitative estimate of drug-likeness (QED) is 0.945. The van der Waals surface area contributed by atoms with Crippen LogP contribution in [0.4, 0.5) is 11.6 Å². The minimum Gasteiger partial charge on any atom is -0.354 e. The van der Waals surface area contributed by atoms with E-state index in [1.807, 2.05) is 24.3 Å². The fourth-order valence-corrected chi connectivity index (χ4v) is 2.79. The number of aromatic nitrogens is 2. The highest BCUT2D eigenvalue weighted by atomic mass is 16.1. The normalized spacial score (nSPS) is 18.0. The lowest BCUT2D eigenvalue weighted by Crippen LogP contribution is -2.38. The van der Waals surface area contributed by atoms with Crippen molar-refractivity contribution >= 4 is 17.5 Å². The first-order chi connectivity index (χ1) is 10.7. The fourth-order valence-electron chi connectivity index (χ4n) is 2.79. The Bertz CT molecular complexity index is 644. The Labute approximate surface area is 130 Å². The molecular weight excluding hydrogens is 276 g/mol. The van der Waals surface area contributed by atoms with Gasteiger partial charge in [0.25, 0.3) is 5.91 Å². The van der Waals surface area contributed by atoms with Gasteiger partial charge in [0.15, 0.2) is 0 Å². The fraction of sp³-hybridized carbons (Fsp3) is 0.353. The second-order valence-corrected chi connectivity index (χ2v) is 5.62. The number of rotatable bonds is 3. The van der Waals surface area contributed by atoms with Crippen LogP contribution in [0.15, 0.2) is 42.7 Å². The van der Waals surface area contributed by atoms with Crippen LogP contribution in [0.5, 0.6) is 0 Å². The average molecular weight is 296 g/mol. The summed E-state index contributed by atoms with van der Waals surface area (Å²) in [4.78, 5) is 23.0. The smallest absolute Gasteiger partial charge is 0.256 e. The summed E-state index contributed by atoms with van der Waals surface area (Å²) in [6, 6.07) is 11.5. The van der Waals surface area contributed by atoms with E-state index in [1.54, 1.807) is 12.1 Å². The van der Waals surface area contributed by atoms with Gasteiger partial charge in [-0.05, 0) is 38.3 Å². The number of hydrogen-bond donors (Lipinski definition) is 1. The second-order valence-electron chi connectivity index (χ2n) is 5.62. The van der Waals surface area contributed by atoms with Gasteiger partial charge in [-0.1, -0.05) is 18.2 Å². The molecule has 1 saturated heterocycles. The van der Waals surface area contributed by atoms with Gasteiger partial charge in [-0.2, -0.15) is 0 Å². The topological polar surface area (TPSA) is 58.1 Å². The van der Waals surface area contributed by atoms with Crippen LogP contribution in [0.2, 0.25) is 0 Å². The predicted molar refractivity (Wildman–Crippen MR) is 87.1 cm³/mol. The lowest BCUT2D eigenvalue weighted by molar-refractivity contribution is 0.102. The van der Waals surface area contributed by atoms with Gasteiger partial charge >= 0.3 is 0 Å². The van der Waals surface area contributed by atoms with Crippen LogP contribution < -0.4 is 10.2 Å². The van der Waals surface area contributed by atoms with E-state index in [-0.39, 0.29) is 5.91 Å². The van der Waals surface area contributed by atoms with Gasteiger partial charge in [-0.15, -0.1) is 0 Å². The largest absolute Gasteiger partial charge is 0.354 e. The van der Waals surface area contributed by atoms with Gasteiger partial charge in [0, 0.05) is 24.2 Å². The lowest BCUT2D eigenvalue weighted by atomic mass is 10.0. The van der Waals surface area contributed by atoms with Crippen LogP contribution >= 0.6 is 0 Å². The van der Waals surface area contributed by atoms with Crippen molar-refractivity contribution < 1.29 is 4.79 Å². The molecule has 5 heteroatoms. The number of anilines is 2. The van der Waals surface area contributed by atoms with Crippen LogP contribution in [-0.2, 0) is 0 Å². The summed E-state index contributed by atoms with van der Waals surface area (Å²) in [6.45, 7) is 3.22. The van der Waals surface area contributed by atoms with Crippen LogP contribution in [0.1, 0.15) is 36.5 Å². The number of hydrogen-bond acceptors (Lipinski definition) is 4. The average Bonchev–Trinajstić information content (AvgIpc) is 2.56. The first kappa shape index (κ1) is 14.5. The van der Waals surface area contributed by atoms with E-state index in [0.717, 1.165) is 12.4 Å². The van der Waals surface area contributed by atoms with Crippen LogP contribution in [0, 0.1) is 0 Å². The maximum Gasteiger partial charge on any atom is 0.256 e. The first-order valence-corrected chi connectivity index (χ1v) is 7.69. The van der Waals surface area contributed by atoms with Crippen molar-refractivity contribution in [3.63, 3.8) is 0 Å². The molecule has 1 atom stereocenters. The van der Waals surface area contributed by atoms with E-state index in [0.29, 0.717) is 17.4 Å². The Morgan fingerprint density at radius 2 is 2.05 bits per heavy atom. The summed E-state index contributed by atoms with van der Waals surface area (Å²) in [5, 5.41) is 2.84. The SMILES string of the molecule is CC1CCCCN1c1cc(NC(=O)c2ccccc2)ncn1. The summed E-state index contributed by atoms with van der Waals surface area (Å²) in [5.41, 5.74) is 0.619. The summed E-state index contributed by atoms with van der Waals surface area (Å²) in [6.07, 6.45) is 5.13. The van der Waals surface area contributed by atoms with E-state index in [2.05, 4.69) is 27.1 Å². The molecular formula is C17H20N4O. The Balaban J connectivity index is 1.75. The highest BCUT2D eigenvalue weighted by Gasteiger charge is 2.20. The van der Waals surface area contributed by atoms with Gasteiger partial charge in [0.1, 0.15) is 18.0 Å². The highest BCUT2D eigenvalue weighted by molar-refractivity contribution is 6.03. The molecule has 1 aliphatic rings. The molecule has 0 aliphatic carbocycles. The van der Waals surface area contributed by atoms with Gasteiger partial charge in [0.2, 0.25) is 0 Å². The van der Waals surface area contributed by atoms with Gasteiger partial charge in [-0.3, -0.25) is 4.79 Å². The maximum atomic E-state index is 12.2. The molecule has 1 amide bonds. The van der Waals surface area contributed by atoms with E-state index < -0.39 is 0 Å². The summed E-state index contributed by atoms with van der Waals surface area (Å²) < 4.78 is 0. The van der Waals surface area contributed by atoms with E-state index >= 15 is 0 Å². The number of carbonyl (C=O) groups excluding carboxylic acids is 1. The first-order valence-electron chi connectivity index (χ1n) is 7.69. The molecule has 0 radical (unpaired) electrons. The van der Waals surface area contributed by atoms with Gasteiger partial charge in [0.05, 0.1) is 0 Å². The third kappa shape index (κ3) is 3.24. The summed E-state index contributed by atoms with van der Waals surface area (Å²) in [7, 11) is 0. The zero-order chi connectivity index (χ0) is 15.4. The molecule has 114 valence electrons. The number of nitrogens with one attached hydrogen (secondary N) is 1. The number of piperidine rings is 1. The number of nitrogens with zero attached hydrogens (tertiary/aromatic N) is 3. The second kappa shape index (κ2) is 6.56. The molecule has 3 rings (SSSR count). The number of carbonyl (C=O) groups is 1. The number of benzene rings is 1. The zero-order valence-electron chi connectivity index (χ0n) is 12.7. The van der Waals surface area contributed by atoms with E-state index in [1.165, 1.54) is 25.6 Å². The minimum atomic E-state index is -0.156. The Morgan fingerprint density at radius 3 is 2.82 bits per heavy atom. The summed E-state index contributed by atoms with van der Waals surface area (Å²) in [5.74, 6) is 1.26. The third-order valence-corrected chi connectivity index (χ3v) is 4.03. The van der Waals surface area contributed by atoms with Crippen LogP contribution in [0.25, 0.3) is 0 Å². The summed E-state index contributed by atoms with van der Waals surface area (Å²) >= 11 is 0. The van der Waals surface area contributed by atoms with Crippen LogP contribution in [-0.4, -0.2) is 28.5 Å². The molecule has 2 aromatic rings. The molecule has 2 heterocycles. The van der Waals surface area contributed by atoms with Crippen molar-refractivity contribution in [3.05, 3.63) is 48.3 Å². The Kier molecular flexibility index (Phi) is 4.32. The minimum absolute atomic E-state index is 0.156. The van der Waals surface area contributed by atoms with Gasteiger partial charge < -0.3 is 10.2 Å². The van der Waals surface area contributed by atoms with E-state index in [9.17, 15) is 4.79 Å². The standard InChI is InChI=1S/C17H20N4O/c1-13-7-5-6-10-21(13)16-11-15(18-12-19-16)20-17(22)14-8-3-2-4-9-14/h2-4,8-9,11-13H,5-7,10H2,1H3,(H,18,19,20,22). The molecule has 1 aromatic carbocycles.